The first-order chi connectivity index (χ1) is 8.63. The maximum atomic E-state index is 10.5. The van der Waals surface area contributed by atoms with E-state index in [0.29, 0.717) is 6.42 Å². The number of aromatic nitrogens is 2. The molecule has 1 aromatic rings. The molecule has 110 valence electrons. The van der Waals surface area contributed by atoms with Crippen molar-refractivity contribution in [2.75, 3.05) is 6.54 Å². The van der Waals surface area contributed by atoms with Crippen LogP contribution in [0.15, 0.2) is 6.07 Å². The summed E-state index contributed by atoms with van der Waals surface area (Å²) in [6.07, 6.45) is 1.38. The average molecular weight is 267 g/mol. The summed E-state index contributed by atoms with van der Waals surface area (Å²) < 4.78 is 1.97. The van der Waals surface area contributed by atoms with Gasteiger partial charge in [-0.15, -0.1) is 0 Å². The molecular formula is C15H29N3O. The molecule has 0 bridgehead atoms. The summed E-state index contributed by atoms with van der Waals surface area (Å²) in [5.74, 6) is 0. The summed E-state index contributed by atoms with van der Waals surface area (Å²) in [6, 6.07) is 2.06. The Morgan fingerprint density at radius 1 is 1.32 bits per heavy atom. The maximum absolute atomic E-state index is 10.5. The van der Waals surface area contributed by atoms with E-state index in [2.05, 4.69) is 44.2 Å². The van der Waals surface area contributed by atoms with Crippen molar-refractivity contribution >= 4 is 0 Å². The van der Waals surface area contributed by atoms with Crippen molar-refractivity contribution < 1.29 is 5.11 Å². The lowest BCUT2D eigenvalue weighted by molar-refractivity contribution is 0.0479. The molecular weight excluding hydrogens is 238 g/mol. The SMILES string of the molecule is CCn1nc(C)cc1CC(C)(O)CCNC(C)(C)C. The van der Waals surface area contributed by atoms with Crippen molar-refractivity contribution in [2.24, 2.45) is 0 Å². The number of aryl methyl sites for hydroxylation is 2. The molecule has 1 rings (SSSR count). The van der Waals surface area contributed by atoms with E-state index < -0.39 is 5.60 Å². The summed E-state index contributed by atoms with van der Waals surface area (Å²) in [6.45, 7) is 14.0. The molecule has 1 aromatic heterocycles. The zero-order valence-electron chi connectivity index (χ0n) is 13.2. The van der Waals surface area contributed by atoms with Crippen LogP contribution in [-0.4, -0.2) is 32.6 Å². The zero-order valence-corrected chi connectivity index (χ0v) is 13.2. The molecule has 0 saturated heterocycles. The first-order valence-corrected chi connectivity index (χ1v) is 7.14. The average Bonchev–Trinajstić information content (AvgIpc) is 2.55. The van der Waals surface area contributed by atoms with E-state index in [0.717, 1.165) is 30.9 Å². The second kappa shape index (κ2) is 6.06. The molecule has 0 aromatic carbocycles. The second-order valence-corrected chi connectivity index (χ2v) is 6.69. The first-order valence-electron chi connectivity index (χ1n) is 7.14. The van der Waals surface area contributed by atoms with Crippen LogP contribution in [0, 0.1) is 6.92 Å². The van der Waals surface area contributed by atoms with Gasteiger partial charge >= 0.3 is 0 Å². The van der Waals surface area contributed by atoms with Gasteiger partial charge < -0.3 is 10.4 Å². The number of rotatable bonds is 6. The lowest BCUT2D eigenvalue weighted by atomic mass is 9.95. The molecule has 4 nitrogen and oxygen atoms in total. The number of aliphatic hydroxyl groups is 1. The third-order valence-electron chi connectivity index (χ3n) is 3.17. The normalized spacial score (nSPS) is 15.5. The lowest BCUT2D eigenvalue weighted by Gasteiger charge is -2.27. The van der Waals surface area contributed by atoms with Gasteiger partial charge in [-0.2, -0.15) is 5.10 Å². The Balaban J connectivity index is 2.58. The highest BCUT2D eigenvalue weighted by Gasteiger charge is 2.23. The molecule has 0 aliphatic rings. The topological polar surface area (TPSA) is 50.1 Å². The van der Waals surface area contributed by atoms with Gasteiger partial charge in [-0.05, 0) is 60.6 Å². The Morgan fingerprint density at radius 2 is 1.95 bits per heavy atom. The number of nitrogens with zero attached hydrogens (tertiary/aromatic N) is 2. The van der Waals surface area contributed by atoms with E-state index in [-0.39, 0.29) is 5.54 Å². The summed E-state index contributed by atoms with van der Waals surface area (Å²) in [5, 5.41) is 18.4. The Kier molecular flexibility index (Phi) is 5.16. The molecule has 4 heteroatoms. The molecule has 1 atom stereocenters. The molecule has 19 heavy (non-hydrogen) atoms. The van der Waals surface area contributed by atoms with E-state index in [1.54, 1.807) is 0 Å². The van der Waals surface area contributed by atoms with E-state index in [1.165, 1.54) is 0 Å². The van der Waals surface area contributed by atoms with Crippen molar-refractivity contribution in [3.05, 3.63) is 17.5 Å². The van der Waals surface area contributed by atoms with Gasteiger partial charge in [-0.25, -0.2) is 0 Å². The molecule has 0 amide bonds. The minimum Gasteiger partial charge on any atom is -0.390 e. The van der Waals surface area contributed by atoms with Gasteiger partial charge in [0.1, 0.15) is 0 Å². The smallest absolute Gasteiger partial charge is 0.0686 e. The molecule has 1 heterocycles. The third kappa shape index (κ3) is 5.74. The Morgan fingerprint density at radius 3 is 2.47 bits per heavy atom. The molecule has 0 aliphatic carbocycles. The third-order valence-corrected chi connectivity index (χ3v) is 3.17. The number of nitrogens with one attached hydrogen (secondary N) is 1. The monoisotopic (exact) mass is 267 g/mol. The van der Waals surface area contributed by atoms with Crippen molar-refractivity contribution in [3.8, 4) is 0 Å². The molecule has 0 saturated carbocycles. The van der Waals surface area contributed by atoms with Crippen LogP contribution in [0.2, 0.25) is 0 Å². The molecule has 0 radical (unpaired) electrons. The zero-order chi connectivity index (χ0) is 14.7. The summed E-state index contributed by atoms with van der Waals surface area (Å²) in [7, 11) is 0. The minimum atomic E-state index is -0.697. The molecule has 0 aliphatic heterocycles. The van der Waals surface area contributed by atoms with Crippen LogP contribution < -0.4 is 5.32 Å². The lowest BCUT2D eigenvalue weighted by Crippen LogP contribution is -2.40. The quantitative estimate of drug-likeness (QED) is 0.831. The van der Waals surface area contributed by atoms with Crippen LogP contribution >= 0.6 is 0 Å². The van der Waals surface area contributed by atoms with E-state index in [4.69, 9.17) is 0 Å². The van der Waals surface area contributed by atoms with Gasteiger partial charge in [-0.1, -0.05) is 0 Å². The minimum absolute atomic E-state index is 0.0951. The van der Waals surface area contributed by atoms with Crippen LogP contribution in [0.25, 0.3) is 0 Å². The predicted octanol–water partition coefficient (Wildman–Crippen LogP) is 2.28. The molecule has 0 fully saturated rings. The van der Waals surface area contributed by atoms with E-state index in [9.17, 15) is 5.11 Å². The van der Waals surface area contributed by atoms with Gasteiger partial charge in [0, 0.05) is 24.2 Å². The fraction of sp³-hybridized carbons (Fsp3) is 0.800. The Hall–Kier alpha value is -0.870. The van der Waals surface area contributed by atoms with Crippen LogP contribution in [0.1, 0.15) is 52.4 Å². The highest BCUT2D eigenvalue weighted by atomic mass is 16.3. The second-order valence-electron chi connectivity index (χ2n) is 6.69. The van der Waals surface area contributed by atoms with Gasteiger partial charge in [0.15, 0.2) is 0 Å². The van der Waals surface area contributed by atoms with Gasteiger partial charge in [-0.3, -0.25) is 4.68 Å². The van der Waals surface area contributed by atoms with Crippen LogP contribution in [0.4, 0.5) is 0 Å². The van der Waals surface area contributed by atoms with Crippen LogP contribution in [0.3, 0.4) is 0 Å². The number of hydrogen-bond donors (Lipinski definition) is 2. The van der Waals surface area contributed by atoms with Gasteiger partial charge in [0.05, 0.1) is 11.3 Å². The molecule has 0 spiro atoms. The maximum Gasteiger partial charge on any atom is 0.0686 e. The van der Waals surface area contributed by atoms with Crippen molar-refractivity contribution in [1.29, 1.82) is 0 Å². The van der Waals surface area contributed by atoms with Crippen molar-refractivity contribution in [3.63, 3.8) is 0 Å². The highest BCUT2D eigenvalue weighted by molar-refractivity contribution is 5.11. The van der Waals surface area contributed by atoms with E-state index >= 15 is 0 Å². The van der Waals surface area contributed by atoms with Crippen LogP contribution in [-0.2, 0) is 13.0 Å². The summed E-state index contributed by atoms with van der Waals surface area (Å²) in [4.78, 5) is 0. The first kappa shape index (κ1) is 16.2. The van der Waals surface area contributed by atoms with Crippen molar-refractivity contribution in [1.82, 2.24) is 15.1 Å². The van der Waals surface area contributed by atoms with Crippen molar-refractivity contribution in [2.45, 2.75) is 72.1 Å². The molecule has 1 unspecified atom stereocenters. The largest absolute Gasteiger partial charge is 0.390 e. The number of hydrogen-bond acceptors (Lipinski definition) is 3. The predicted molar refractivity (Wildman–Crippen MR) is 79.3 cm³/mol. The highest BCUT2D eigenvalue weighted by Crippen LogP contribution is 2.18. The fourth-order valence-corrected chi connectivity index (χ4v) is 2.20. The Labute approximate surface area is 117 Å². The summed E-state index contributed by atoms with van der Waals surface area (Å²) >= 11 is 0. The van der Waals surface area contributed by atoms with Gasteiger partial charge in [0.25, 0.3) is 0 Å². The fourth-order valence-electron chi connectivity index (χ4n) is 2.20. The summed E-state index contributed by atoms with van der Waals surface area (Å²) in [5.41, 5.74) is 1.52. The van der Waals surface area contributed by atoms with Crippen LogP contribution in [0.5, 0.6) is 0 Å². The van der Waals surface area contributed by atoms with E-state index in [1.807, 2.05) is 18.5 Å². The Bertz CT molecular complexity index is 402. The standard InChI is InChI=1S/C15H29N3O/c1-7-18-13(10-12(2)17-18)11-15(6,19)8-9-16-14(3,4)5/h10,16,19H,7-9,11H2,1-6H3. The molecule has 2 N–H and O–H groups in total. The van der Waals surface area contributed by atoms with Gasteiger partial charge in [0.2, 0.25) is 0 Å².